The van der Waals surface area contributed by atoms with Crippen molar-refractivity contribution in [3.8, 4) is 0 Å². The number of Topliss-reactive ketones (excluding diaryl/α,β-unsaturated/α-hetero) is 1. The highest BCUT2D eigenvalue weighted by atomic mass is 16.1. The van der Waals surface area contributed by atoms with E-state index in [1.807, 2.05) is 20.8 Å². The molecule has 0 bridgehead atoms. The number of carbonyl (C=O) groups excluding carboxylic acids is 1. The smallest absolute Gasteiger partial charge is 0.132 e. The fourth-order valence-electron chi connectivity index (χ4n) is 0.627. The normalized spacial score (nSPS) is 10.3. The lowest BCUT2D eigenvalue weighted by molar-refractivity contribution is -0.120. The minimum Gasteiger partial charge on any atom is -0.330 e. The van der Waals surface area contributed by atoms with Gasteiger partial charge in [-0.15, -0.1) is 0 Å². The van der Waals surface area contributed by atoms with Crippen LogP contribution in [0.25, 0.3) is 0 Å². The van der Waals surface area contributed by atoms with Gasteiger partial charge in [-0.1, -0.05) is 47.5 Å². The molecular formula is C13H31NO. The Bertz CT molecular complexity index is 111. The summed E-state index contributed by atoms with van der Waals surface area (Å²) in [6.07, 6.45) is 4.53. The second-order valence-electron chi connectivity index (χ2n) is 3.44. The lowest BCUT2D eigenvalue weighted by Crippen LogP contribution is -2.08. The van der Waals surface area contributed by atoms with Crippen molar-refractivity contribution >= 4 is 5.78 Å². The van der Waals surface area contributed by atoms with Gasteiger partial charge in [0.25, 0.3) is 0 Å². The third-order valence-electron chi connectivity index (χ3n) is 2.04. The molecular weight excluding hydrogens is 186 g/mol. The Labute approximate surface area is 96.6 Å². The van der Waals surface area contributed by atoms with Crippen LogP contribution in [0.2, 0.25) is 0 Å². The summed E-state index contributed by atoms with van der Waals surface area (Å²) in [6, 6.07) is 0. The second kappa shape index (κ2) is 19.2. The van der Waals surface area contributed by atoms with Gasteiger partial charge in [-0.05, 0) is 26.3 Å². The largest absolute Gasteiger partial charge is 0.330 e. The molecule has 0 spiro atoms. The SMILES string of the molecule is CC.CC(=O)C(C)CCCN.CCCC. The van der Waals surface area contributed by atoms with Crippen LogP contribution in [-0.4, -0.2) is 12.3 Å². The molecule has 94 valence electrons. The highest BCUT2D eigenvalue weighted by molar-refractivity contribution is 5.77. The standard InChI is InChI=1S/C7H15NO.C4H10.C2H6/c1-6(7(2)9)4-3-5-8;1-3-4-2;1-2/h6H,3-5,8H2,1-2H3;3-4H2,1-2H3;1-2H3. The van der Waals surface area contributed by atoms with E-state index in [-0.39, 0.29) is 11.7 Å². The number of ketones is 1. The summed E-state index contributed by atoms with van der Waals surface area (Å²) in [5.41, 5.74) is 5.27. The number of nitrogens with two attached hydrogens (primary N) is 1. The molecule has 0 aliphatic rings. The van der Waals surface area contributed by atoms with E-state index in [0.717, 1.165) is 12.8 Å². The van der Waals surface area contributed by atoms with Crippen molar-refractivity contribution < 1.29 is 4.79 Å². The number of carbonyl (C=O) groups is 1. The fourth-order valence-corrected chi connectivity index (χ4v) is 0.627. The van der Waals surface area contributed by atoms with Crippen LogP contribution in [0.3, 0.4) is 0 Å². The highest BCUT2D eigenvalue weighted by Crippen LogP contribution is 2.04. The van der Waals surface area contributed by atoms with Gasteiger partial charge in [-0.25, -0.2) is 0 Å². The van der Waals surface area contributed by atoms with E-state index < -0.39 is 0 Å². The number of hydrogen-bond acceptors (Lipinski definition) is 2. The average Bonchev–Trinajstić information content (AvgIpc) is 2.28. The Morgan fingerprint density at radius 3 is 1.80 bits per heavy atom. The molecule has 1 unspecified atom stereocenters. The predicted molar refractivity (Wildman–Crippen MR) is 70.1 cm³/mol. The Balaban J connectivity index is -0.000000202. The molecule has 0 radical (unpaired) electrons. The zero-order valence-electron chi connectivity index (χ0n) is 11.6. The molecule has 1 atom stereocenters. The first-order valence-electron chi connectivity index (χ1n) is 6.30. The molecule has 0 aliphatic carbocycles. The molecule has 0 aliphatic heterocycles. The Hall–Kier alpha value is -0.370. The van der Waals surface area contributed by atoms with Crippen LogP contribution in [0.1, 0.15) is 67.2 Å². The van der Waals surface area contributed by atoms with Crippen LogP contribution in [0.15, 0.2) is 0 Å². The number of unbranched alkanes of at least 4 members (excludes halogenated alkanes) is 1. The summed E-state index contributed by atoms with van der Waals surface area (Å²) in [5.74, 6) is 0.469. The third kappa shape index (κ3) is 24.8. The highest BCUT2D eigenvalue weighted by Gasteiger charge is 2.04. The zero-order valence-corrected chi connectivity index (χ0v) is 11.6. The van der Waals surface area contributed by atoms with Gasteiger partial charge in [-0.3, -0.25) is 4.79 Å². The van der Waals surface area contributed by atoms with E-state index in [9.17, 15) is 4.79 Å². The predicted octanol–water partition coefficient (Wildman–Crippen LogP) is 3.78. The molecule has 2 heteroatoms. The van der Waals surface area contributed by atoms with E-state index >= 15 is 0 Å². The maximum atomic E-state index is 10.6. The molecule has 0 aromatic heterocycles. The minimum atomic E-state index is 0.202. The van der Waals surface area contributed by atoms with Crippen molar-refractivity contribution in [3.63, 3.8) is 0 Å². The van der Waals surface area contributed by atoms with Crippen molar-refractivity contribution in [2.45, 2.75) is 67.2 Å². The Kier molecular flexibility index (Phi) is 25.8. The van der Waals surface area contributed by atoms with Crippen molar-refractivity contribution in [2.24, 2.45) is 11.7 Å². The minimum absolute atomic E-state index is 0.202. The van der Waals surface area contributed by atoms with Gasteiger partial charge in [0.2, 0.25) is 0 Å². The first-order valence-corrected chi connectivity index (χ1v) is 6.30. The second-order valence-corrected chi connectivity index (χ2v) is 3.44. The molecule has 0 fully saturated rings. The average molecular weight is 217 g/mol. The first-order chi connectivity index (χ1) is 7.09. The molecule has 0 aromatic carbocycles. The summed E-state index contributed by atoms with van der Waals surface area (Å²) >= 11 is 0. The molecule has 0 rings (SSSR count). The number of rotatable bonds is 5. The van der Waals surface area contributed by atoms with Crippen LogP contribution in [-0.2, 0) is 4.79 Å². The summed E-state index contributed by atoms with van der Waals surface area (Å²) < 4.78 is 0. The zero-order chi connectivity index (χ0) is 12.7. The van der Waals surface area contributed by atoms with Crippen LogP contribution in [0.5, 0.6) is 0 Å². The number of hydrogen-bond donors (Lipinski definition) is 1. The summed E-state index contributed by atoms with van der Waals surface area (Å²) in [7, 11) is 0. The molecule has 2 nitrogen and oxygen atoms in total. The van der Waals surface area contributed by atoms with E-state index in [1.165, 1.54) is 12.8 Å². The molecule has 0 saturated carbocycles. The molecule has 0 heterocycles. The first kappa shape index (κ1) is 20.1. The van der Waals surface area contributed by atoms with Crippen molar-refractivity contribution in [1.29, 1.82) is 0 Å². The van der Waals surface area contributed by atoms with Gasteiger partial charge in [0.15, 0.2) is 0 Å². The van der Waals surface area contributed by atoms with Gasteiger partial charge in [0.05, 0.1) is 0 Å². The van der Waals surface area contributed by atoms with Crippen LogP contribution >= 0.6 is 0 Å². The van der Waals surface area contributed by atoms with Crippen LogP contribution in [0.4, 0.5) is 0 Å². The monoisotopic (exact) mass is 217 g/mol. The Morgan fingerprint density at radius 1 is 1.20 bits per heavy atom. The van der Waals surface area contributed by atoms with Crippen LogP contribution < -0.4 is 5.73 Å². The van der Waals surface area contributed by atoms with Crippen molar-refractivity contribution in [1.82, 2.24) is 0 Å². The third-order valence-corrected chi connectivity index (χ3v) is 2.04. The quantitative estimate of drug-likeness (QED) is 0.761. The maximum Gasteiger partial charge on any atom is 0.132 e. The lowest BCUT2D eigenvalue weighted by Gasteiger charge is -2.03. The molecule has 2 N–H and O–H groups in total. The van der Waals surface area contributed by atoms with E-state index in [1.54, 1.807) is 6.92 Å². The van der Waals surface area contributed by atoms with Crippen molar-refractivity contribution in [3.05, 3.63) is 0 Å². The van der Waals surface area contributed by atoms with Gasteiger partial charge in [0, 0.05) is 5.92 Å². The molecule has 15 heavy (non-hydrogen) atoms. The van der Waals surface area contributed by atoms with Crippen molar-refractivity contribution in [2.75, 3.05) is 6.54 Å². The van der Waals surface area contributed by atoms with Crippen LogP contribution in [0, 0.1) is 5.92 Å². The summed E-state index contributed by atoms with van der Waals surface area (Å²) in [4.78, 5) is 10.6. The maximum absolute atomic E-state index is 10.6. The topological polar surface area (TPSA) is 43.1 Å². The molecule has 0 aromatic rings. The van der Waals surface area contributed by atoms with Gasteiger partial charge in [-0.2, -0.15) is 0 Å². The fraction of sp³-hybridized carbons (Fsp3) is 0.923. The summed E-state index contributed by atoms with van der Waals surface area (Å²) in [5, 5.41) is 0. The van der Waals surface area contributed by atoms with E-state index in [2.05, 4.69) is 13.8 Å². The summed E-state index contributed by atoms with van der Waals surface area (Å²) in [6.45, 7) is 12.6. The van der Waals surface area contributed by atoms with E-state index in [4.69, 9.17) is 5.73 Å². The van der Waals surface area contributed by atoms with Gasteiger partial charge < -0.3 is 5.73 Å². The van der Waals surface area contributed by atoms with Gasteiger partial charge >= 0.3 is 0 Å². The molecule has 0 saturated heterocycles. The Morgan fingerprint density at radius 2 is 1.60 bits per heavy atom. The molecule has 0 amide bonds. The van der Waals surface area contributed by atoms with E-state index in [0.29, 0.717) is 6.54 Å². The van der Waals surface area contributed by atoms with Gasteiger partial charge in [0.1, 0.15) is 5.78 Å². The lowest BCUT2D eigenvalue weighted by atomic mass is 10.0.